The molecule has 0 saturated carbocycles. The van der Waals surface area contributed by atoms with E-state index < -0.39 is 0 Å². The Balaban J connectivity index is 2.38. The van der Waals surface area contributed by atoms with Gasteiger partial charge in [-0.1, -0.05) is 13.0 Å². The lowest BCUT2D eigenvalue weighted by Gasteiger charge is -2.11. The van der Waals surface area contributed by atoms with Crippen molar-refractivity contribution in [1.29, 1.82) is 0 Å². The Morgan fingerprint density at radius 2 is 2.10 bits per heavy atom. The van der Waals surface area contributed by atoms with Crippen LogP contribution in [0.15, 0.2) is 24.4 Å². The molecule has 0 aliphatic heterocycles. The summed E-state index contributed by atoms with van der Waals surface area (Å²) < 4.78 is 7.45. The standard InChI is InChI=1S/C16H23N3O/c1-5-17-10-14-9-13(7-8-16(14)20-4)15-11-18-19(6-2)12(15)3/h7-9,11,17H,5-6,10H2,1-4H3. The van der Waals surface area contributed by atoms with Crippen molar-refractivity contribution >= 4 is 0 Å². The Morgan fingerprint density at radius 1 is 1.30 bits per heavy atom. The Hall–Kier alpha value is -1.81. The number of rotatable bonds is 6. The first-order valence-electron chi connectivity index (χ1n) is 7.11. The summed E-state index contributed by atoms with van der Waals surface area (Å²) in [4.78, 5) is 0. The van der Waals surface area contributed by atoms with Gasteiger partial charge in [0.1, 0.15) is 5.75 Å². The van der Waals surface area contributed by atoms with Crippen molar-refractivity contribution in [3.05, 3.63) is 35.7 Å². The highest BCUT2D eigenvalue weighted by Crippen LogP contribution is 2.28. The fourth-order valence-corrected chi connectivity index (χ4v) is 2.39. The van der Waals surface area contributed by atoms with Crippen LogP contribution in [0, 0.1) is 6.92 Å². The predicted octanol–water partition coefficient (Wildman–Crippen LogP) is 3.00. The third-order valence-electron chi connectivity index (χ3n) is 3.56. The van der Waals surface area contributed by atoms with Crippen molar-refractivity contribution in [3.63, 3.8) is 0 Å². The predicted molar refractivity (Wildman–Crippen MR) is 82.0 cm³/mol. The molecule has 0 saturated heterocycles. The molecule has 1 aromatic carbocycles. The maximum atomic E-state index is 5.43. The highest BCUT2D eigenvalue weighted by molar-refractivity contribution is 5.67. The van der Waals surface area contributed by atoms with E-state index in [1.807, 2.05) is 16.9 Å². The maximum Gasteiger partial charge on any atom is 0.123 e. The number of methoxy groups -OCH3 is 1. The topological polar surface area (TPSA) is 39.1 Å². The van der Waals surface area contributed by atoms with Crippen LogP contribution in [0.2, 0.25) is 0 Å². The van der Waals surface area contributed by atoms with Crippen molar-refractivity contribution in [2.24, 2.45) is 0 Å². The minimum atomic E-state index is 0.814. The molecule has 0 bridgehead atoms. The fraction of sp³-hybridized carbons (Fsp3) is 0.438. The molecule has 0 fully saturated rings. The normalized spacial score (nSPS) is 10.8. The molecule has 1 heterocycles. The van der Waals surface area contributed by atoms with Gasteiger partial charge in [0.15, 0.2) is 0 Å². The second kappa shape index (κ2) is 6.57. The van der Waals surface area contributed by atoms with Gasteiger partial charge in [0.05, 0.1) is 13.3 Å². The molecular formula is C16H23N3O. The molecule has 1 N–H and O–H groups in total. The Kier molecular flexibility index (Phi) is 4.79. The van der Waals surface area contributed by atoms with Crippen LogP contribution in [-0.2, 0) is 13.1 Å². The molecule has 2 aromatic rings. The number of nitrogens with one attached hydrogen (secondary N) is 1. The third-order valence-corrected chi connectivity index (χ3v) is 3.56. The molecule has 0 aliphatic carbocycles. The van der Waals surface area contributed by atoms with Gasteiger partial charge in [-0.3, -0.25) is 4.68 Å². The molecule has 0 radical (unpaired) electrons. The first kappa shape index (κ1) is 14.6. The summed E-state index contributed by atoms with van der Waals surface area (Å²) in [6.07, 6.45) is 1.94. The Labute approximate surface area is 120 Å². The van der Waals surface area contributed by atoms with Crippen molar-refractivity contribution < 1.29 is 4.74 Å². The molecule has 0 unspecified atom stereocenters. The lowest BCUT2D eigenvalue weighted by Crippen LogP contribution is -2.12. The minimum Gasteiger partial charge on any atom is -0.496 e. The van der Waals surface area contributed by atoms with E-state index in [0.29, 0.717) is 0 Å². The number of aryl methyl sites for hydroxylation is 1. The van der Waals surface area contributed by atoms with Crippen molar-refractivity contribution in [1.82, 2.24) is 15.1 Å². The molecule has 0 amide bonds. The molecule has 4 heteroatoms. The second-order valence-corrected chi connectivity index (χ2v) is 4.77. The minimum absolute atomic E-state index is 0.814. The SMILES string of the molecule is CCNCc1cc(-c2cnn(CC)c2C)ccc1OC. The van der Waals surface area contributed by atoms with Gasteiger partial charge in [0.2, 0.25) is 0 Å². The Bertz CT molecular complexity index is 575. The van der Waals surface area contributed by atoms with E-state index in [1.54, 1.807) is 7.11 Å². The molecule has 20 heavy (non-hydrogen) atoms. The van der Waals surface area contributed by atoms with Gasteiger partial charge >= 0.3 is 0 Å². The monoisotopic (exact) mass is 273 g/mol. The molecule has 1 aromatic heterocycles. The van der Waals surface area contributed by atoms with Crippen LogP contribution in [0.1, 0.15) is 25.1 Å². The van der Waals surface area contributed by atoms with Crippen LogP contribution in [0.4, 0.5) is 0 Å². The van der Waals surface area contributed by atoms with Gasteiger partial charge in [-0.2, -0.15) is 5.10 Å². The molecular weight excluding hydrogens is 250 g/mol. The van der Waals surface area contributed by atoms with Crippen LogP contribution in [0.5, 0.6) is 5.75 Å². The highest BCUT2D eigenvalue weighted by Gasteiger charge is 2.10. The van der Waals surface area contributed by atoms with E-state index in [9.17, 15) is 0 Å². The molecule has 4 nitrogen and oxygen atoms in total. The average Bonchev–Trinajstić information content (AvgIpc) is 2.85. The fourth-order valence-electron chi connectivity index (χ4n) is 2.39. The van der Waals surface area contributed by atoms with Gasteiger partial charge in [0.25, 0.3) is 0 Å². The summed E-state index contributed by atoms with van der Waals surface area (Å²) in [6, 6.07) is 6.31. The van der Waals surface area contributed by atoms with Gasteiger partial charge in [-0.05, 0) is 38.1 Å². The van der Waals surface area contributed by atoms with Crippen LogP contribution >= 0.6 is 0 Å². The van der Waals surface area contributed by atoms with E-state index in [-0.39, 0.29) is 0 Å². The van der Waals surface area contributed by atoms with Crippen LogP contribution in [0.25, 0.3) is 11.1 Å². The van der Waals surface area contributed by atoms with Gasteiger partial charge in [-0.15, -0.1) is 0 Å². The van der Waals surface area contributed by atoms with E-state index in [1.165, 1.54) is 22.4 Å². The van der Waals surface area contributed by atoms with E-state index in [4.69, 9.17) is 4.74 Å². The number of hydrogen-bond acceptors (Lipinski definition) is 3. The van der Waals surface area contributed by atoms with Crippen molar-refractivity contribution in [2.75, 3.05) is 13.7 Å². The van der Waals surface area contributed by atoms with Crippen LogP contribution in [-0.4, -0.2) is 23.4 Å². The first-order chi connectivity index (χ1) is 9.71. The Morgan fingerprint density at radius 3 is 2.70 bits per heavy atom. The van der Waals surface area contributed by atoms with E-state index in [2.05, 4.69) is 43.3 Å². The van der Waals surface area contributed by atoms with Crippen molar-refractivity contribution in [2.45, 2.75) is 33.9 Å². The average molecular weight is 273 g/mol. The van der Waals surface area contributed by atoms with Gasteiger partial charge in [-0.25, -0.2) is 0 Å². The van der Waals surface area contributed by atoms with Gasteiger partial charge < -0.3 is 10.1 Å². The van der Waals surface area contributed by atoms with E-state index in [0.717, 1.165) is 25.4 Å². The number of hydrogen-bond donors (Lipinski definition) is 1. The zero-order valence-electron chi connectivity index (χ0n) is 12.7. The number of ether oxygens (including phenoxy) is 1. The number of aromatic nitrogens is 2. The summed E-state index contributed by atoms with van der Waals surface area (Å²) in [5, 5.41) is 7.76. The van der Waals surface area contributed by atoms with Crippen LogP contribution in [0.3, 0.4) is 0 Å². The summed E-state index contributed by atoms with van der Waals surface area (Å²) in [6.45, 7) is 8.97. The summed E-state index contributed by atoms with van der Waals surface area (Å²) in [5.74, 6) is 0.926. The molecule has 108 valence electrons. The first-order valence-corrected chi connectivity index (χ1v) is 7.11. The summed E-state index contributed by atoms with van der Waals surface area (Å²) in [7, 11) is 1.71. The van der Waals surface area contributed by atoms with E-state index >= 15 is 0 Å². The zero-order valence-corrected chi connectivity index (χ0v) is 12.7. The smallest absolute Gasteiger partial charge is 0.123 e. The third kappa shape index (κ3) is 2.85. The summed E-state index contributed by atoms with van der Waals surface area (Å²) in [5.41, 5.74) is 4.76. The molecule has 0 aliphatic rings. The van der Waals surface area contributed by atoms with Gasteiger partial charge in [0, 0.05) is 29.9 Å². The lowest BCUT2D eigenvalue weighted by atomic mass is 10.0. The van der Waals surface area contributed by atoms with Crippen LogP contribution < -0.4 is 10.1 Å². The second-order valence-electron chi connectivity index (χ2n) is 4.77. The summed E-state index contributed by atoms with van der Waals surface area (Å²) >= 11 is 0. The zero-order chi connectivity index (χ0) is 14.5. The molecule has 0 spiro atoms. The lowest BCUT2D eigenvalue weighted by molar-refractivity contribution is 0.408. The number of nitrogens with zero attached hydrogens (tertiary/aromatic N) is 2. The van der Waals surface area contributed by atoms with Crippen molar-refractivity contribution in [3.8, 4) is 16.9 Å². The largest absolute Gasteiger partial charge is 0.496 e. The maximum absolute atomic E-state index is 5.43. The quantitative estimate of drug-likeness (QED) is 0.879. The molecule has 0 atom stereocenters. The highest BCUT2D eigenvalue weighted by atomic mass is 16.5. The number of benzene rings is 1. The molecule has 2 rings (SSSR count).